The van der Waals surface area contributed by atoms with Gasteiger partial charge in [0.05, 0.1) is 0 Å². The van der Waals surface area contributed by atoms with Crippen LogP contribution >= 0.6 is 11.8 Å². The third-order valence-corrected chi connectivity index (χ3v) is 5.97. The molecule has 2 aliphatic rings. The van der Waals surface area contributed by atoms with Gasteiger partial charge in [-0.15, -0.1) is 0 Å². The molecular weight excluding hydrogens is 264 g/mol. The molecule has 20 heavy (non-hydrogen) atoms. The summed E-state index contributed by atoms with van der Waals surface area (Å²) in [5.74, 6) is 1.27. The average Bonchev–Trinajstić information content (AvgIpc) is 2.92. The molecule has 0 aromatic heterocycles. The van der Waals surface area contributed by atoms with Crippen LogP contribution in [-0.2, 0) is 6.42 Å². The SMILES string of the molecule is Cc1ccccc1CCNC1=NCC2(CCCC2)CS1. The summed E-state index contributed by atoms with van der Waals surface area (Å²) in [6.45, 7) is 4.22. The number of hydrogen-bond acceptors (Lipinski definition) is 3. The molecule has 1 fully saturated rings. The van der Waals surface area contributed by atoms with Crippen LogP contribution in [0.2, 0.25) is 0 Å². The lowest BCUT2D eigenvalue weighted by Gasteiger charge is -2.31. The Morgan fingerprint density at radius 2 is 2.05 bits per heavy atom. The van der Waals surface area contributed by atoms with E-state index >= 15 is 0 Å². The number of rotatable bonds is 3. The van der Waals surface area contributed by atoms with Crippen LogP contribution in [-0.4, -0.2) is 24.0 Å². The van der Waals surface area contributed by atoms with E-state index in [9.17, 15) is 0 Å². The van der Waals surface area contributed by atoms with Crippen molar-refractivity contribution in [2.45, 2.75) is 39.0 Å². The van der Waals surface area contributed by atoms with Crippen molar-refractivity contribution in [1.82, 2.24) is 5.32 Å². The number of aryl methyl sites for hydroxylation is 1. The molecule has 1 heterocycles. The van der Waals surface area contributed by atoms with Crippen molar-refractivity contribution in [3.05, 3.63) is 35.4 Å². The molecule has 0 amide bonds. The second-order valence-electron chi connectivity index (χ2n) is 6.22. The van der Waals surface area contributed by atoms with Crippen LogP contribution in [0.4, 0.5) is 0 Å². The highest BCUT2D eigenvalue weighted by Gasteiger charge is 2.36. The van der Waals surface area contributed by atoms with Crippen molar-refractivity contribution >= 4 is 16.9 Å². The van der Waals surface area contributed by atoms with Gasteiger partial charge in [-0.2, -0.15) is 0 Å². The van der Waals surface area contributed by atoms with Crippen molar-refractivity contribution in [1.29, 1.82) is 0 Å². The molecule has 1 aliphatic carbocycles. The van der Waals surface area contributed by atoms with Crippen molar-refractivity contribution in [3.63, 3.8) is 0 Å². The molecule has 1 N–H and O–H groups in total. The van der Waals surface area contributed by atoms with Gasteiger partial charge in [0.25, 0.3) is 0 Å². The summed E-state index contributed by atoms with van der Waals surface area (Å²) in [6, 6.07) is 8.64. The van der Waals surface area contributed by atoms with E-state index in [1.807, 2.05) is 11.8 Å². The Morgan fingerprint density at radius 1 is 1.25 bits per heavy atom. The topological polar surface area (TPSA) is 24.4 Å². The summed E-state index contributed by atoms with van der Waals surface area (Å²) in [6.07, 6.45) is 6.68. The number of hydrogen-bond donors (Lipinski definition) is 1. The van der Waals surface area contributed by atoms with E-state index < -0.39 is 0 Å². The van der Waals surface area contributed by atoms with Crippen LogP contribution in [0.3, 0.4) is 0 Å². The van der Waals surface area contributed by atoms with Crippen LogP contribution in [0.5, 0.6) is 0 Å². The molecule has 3 heteroatoms. The molecule has 2 nitrogen and oxygen atoms in total. The van der Waals surface area contributed by atoms with Crippen molar-refractivity contribution in [3.8, 4) is 0 Å². The second kappa shape index (κ2) is 6.21. The normalized spacial score (nSPS) is 20.9. The van der Waals surface area contributed by atoms with Gasteiger partial charge in [0.15, 0.2) is 5.17 Å². The smallest absolute Gasteiger partial charge is 0.156 e. The predicted octanol–water partition coefficient (Wildman–Crippen LogP) is 3.79. The number of aliphatic imine (C=N–C) groups is 1. The molecule has 0 radical (unpaired) electrons. The highest BCUT2D eigenvalue weighted by atomic mass is 32.2. The minimum atomic E-state index is 0.547. The summed E-state index contributed by atoms with van der Waals surface area (Å²) in [7, 11) is 0. The largest absolute Gasteiger partial charge is 0.365 e. The zero-order valence-corrected chi connectivity index (χ0v) is 13.1. The third-order valence-electron chi connectivity index (χ3n) is 4.67. The van der Waals surface area contributed by atoms with Crippen LogP contribution in [0.1, 0.15) is 36.8 Å². The van der Waals surface area contributed by atoms with Gasteiger partial charge < -0.3 is 5.32 Å². The molecule has 1 aromatic carbocycles. The molecule has 0 atom stereocenters. The number of nitrogens with one attached hydrogen (secondary N) is 1. The van der Waals surface area contributed by atoms with Gasteiger partial charge in [-0.25, -0.2) is 0 Å². The first-order valence-corrected chi connectivity index (χ1v) is 8.72. The van der Waals surface area contributed by atoms with Crippen molar-refractivity contribution in [2.75, 3.05) is 18.8 Å². The molecule has 0 unspecified atom stereocenters. The van der Waals surface area contributed by atoms with Gasteiger partial charge in [-0.05, 0) is 42.7 Å². The van der Waals surface area contributed by atoms with Crippen LogP contribution < -0.4 is 5.32 Å². The Morgan fingerprint density at radius 3 is 2.75 bits per heavy atom. The first kappa shape index (κ1) is 14.0. The van der Waals surface area contributed by atoms with Gasteiger partial charge in [-0.3, -0.25) is 4.99 Å². The first-order valence-electron chi connectivity index (χ1n) is 7.73. The summed E-state index contributed by atoms with van der Waals surface area (Å²) in [5.41, 5.74) is 3.37. The molecule has 3 rings (SSSR count). The minimum absolute atomic E-state index is 0.547. The standard InChI is InChI=1S/C17H24N2S/c1-14-6-2-3-7-15(14)8-11-18-16-19-12-17(13-20-16)9-4-5-10-17/h2-3,6-7H,4-5,8-13H2,1H3,(H,18,19). The number of nitrogens with zero attached hydrogens (tertiary/aromatic N) is 1. The van der Waals surface area contributed by atoms with E-state index in [1.165, 1.54) is 42.6 Å². The van der Waals surface area contributed by atoms with Gasteiger partial charge in [0.2, 0.25) is 0 Å². The zero-order valence-electron chi connectivity index (χ0n) is 12.3. The maximum atomic E-state index is 4.79. The van der Waals surface area contributed by atoms with E-state index in [0.29, 0.717) is 5.41 Å². The fraction of sp³-hybridized carbons (Fsp3) is 0.588. The second-order valence-corrected chi connectivity index (χ2v) is 7.18. The maximum Gasteiger partial charge on any atom is 0.156 e. The molecule has 0 bridgehead atoms. The minimum Gasteiger partial charge on any atom is -0.365 e. The van der Waals surface area contributed by atoms with Crippen LogP contribution in [0.15, 0.2) is 29.3 Å². The third kappa shape index (κ3) is 3.20. The lowest BCUT2D eigenvalue weighted by molar-refractivity contribution is 0.358. The van der Waals surface area contributed by atoms with Gasteiger partial charge in [-0.1, -0.05) is 48.9 Å². The lowest BCUT2D eigenvalue weighted by atomic mass is 9.89. The predicted molar refractivity (Wildman–Crippen MR) is 88.5 cm³/mol. The van der Waals surface area contributed by atoms with E-state index in [4.69, 9.17) is 4.99 Å². The molecule has 1 saturated carbocycles. The van der Waals surface area contributed by atoms with E-state index in [1.54, 1.807) is 0 Å². The summed E-state index contributed by atoms with van der Waals surface area (Å²) < 4.78 is 0. The fourth-order valence-corrected chi connectivity index (χ4v) is 4.46. The number of benzene rings is 1. The molecular formula is C17H24N2S. The Hall–Kier alpha value is -0.960. The Labute approximate surface area is 126 Å². The Bertz CT molecular complexity index is 490. The monoisotopic (exact) mass is 288 g/mol. The Balaban J connectivity index is 1.48. The molecule has 108 valence electrons. The first-order chi connectivity index (χ1) is 9.77. The number of thioether (sulfide) groups is 1. The average molecular weight is 288 g/mol. The maximum absolute atomic E-state index is 4.79. The molecule has 1 aliphatic heterocycles. The zero-order chi connectivity index (χ0) is 13.8. The van der Waals surface area contributed by atoms with Gasteiger partial charge in [0, 0.05) is 18.8 Å². The summed E-state index contributed by atoms with van der Waals surface area (Å²) in [4.78, 5) is 4.79. The molecule has 1 aromatic rings. The van der Waals surface area contributed by atoms with Gasteiger partial charge in [0.1, 0.15) is 0 Å². The summed E-state index contributed by atoms with van der Waals surface area (Å²) >= 11 is 1.94. The quantitative estimate of drug-likeness (QED) is 0.915. The molecule has 1 spiro atoms. The lowest BCUT2D eigenvalue weighted by Crippen LogP contribution is -2.34. The highest BCUT2D eigenvalue weighted by Crippen LogP contribution is 2.43. The number of amidine groups is 1. The van der Waals surface area contributed by atoms with Crippen molar-refractivity contribution in [2.24, 2.45) is 10.4 Å². The van der Waals surface area contributed by atoms with Crippen LogP contribution in [0, 0.1) is 12.3 Å². The summed E-state index contributed by atoms with van der Waals surface area (Å²) in [5, 5.41) is 4.68. The van der Waals surface area contributed by atoms with Crippen molar-refractivity contribution < 1.29 is 0 Å². The van der Waals surface area contributed by atoms with E-state index in [-0.39, 0.29) is 0 Å². The van der Waals surface area contributed by atoms with Gasteiger partial charge >= 0.3 is 0 Å². The van der Waals surface area contributed by atoms with E-state index in [2.05, 4.69) is 36.5 Å². The molecule has 0 saturated heterocycles. The van der Waals surface area contributed by atoms with Crippen LogP contribution in [0.25, 0.3) is 0 Å². The van der Waals surface area contributed by atoms with E-state index in [0.717, 1.165) is 24.7 Å². The highest BCUT2D eigenvalue weighted by molar-refractivity contribution is 8.13. The fourth-order valence-electron chi connectivity index (χ4n) is 3.28. The Kier molecular flexibility index (Phi) is 4.35.